The number of rotatable bonds is 6. The molecule has 0 spiro atoms. The Morgan fingerprint density at radius 3 is 2.59 bits per heavy atom. The number of hydrogen-bond acceptors (Lipinski definition) is 3. The SMILES string of the molecule is CCN(CC1CCCO1)CC1(CN)CCCC1. The van der Waals surface area contributed by atoms with Gasteiger partial charge in [0.15, 0.2) is 0 Å². The molecule has 3 heteroatoms. The summed E-state index contributed by atoms with van der Waals surface area (Å²) in [5, 5.41) is 0. The fraction of sp³-hybridized carbons (Fsp3) is 1.00. The number of nitrogens with zero attached hydrogens (tertiary/aromatic N) is 1. The van der Waals surface area contributed by atoms with Crippen molar-refractivity contribution in [2.24, 2.45) is 11.1 Å². The molecule has 1 atom stereocenters. The van der Waals surface area contributed by atoms with E-state index in [2.05, 4.69) is 11.8 Å². The molecule has 2 N–H and O–H groups in total. The van der Waals surface area contributed by atoms with E-state index in [0.29, 0.717) is 11.5 Å². The highest BCUT2D eigenvalue weighted by Gasteiger charge is 2.34. The second kappa shape index (κ2) is 6.17. The molecule has 0 aromatic rings. The van der Waals surface area contributed by atoms with E-state index >= 15 is 0 Å². The first-order valence-corrected chi connectivity index (χ1v) is 7.32. The van der Waals surface area contributed by atoms with Crippen molar-refractivity contribution in [3.8, 4) is 0 Å². The highest BCUT2D eigenvalue weighted by atomic mass is 16.5. The van der Waals surface area contributed by atoms with Crippen LogP contribution in [0.15, 0.2) is 0 Å². The highest BCUT2D eigenvalue weighted by molar-refractivity contribution is 4.89. The zero-order chi connectivity index (χ0) is 12.1. The predicted molar refractivity (Wildman–Crippen MR) is 71.0 cm³/mol. The van der Waals surface area contributed by atoms with Gasteiger partial charge in [-0.1, -0.05) is 19.8 Å². The van der Waals surface area contributed by atoms with E-state index in [1.165, 1.54) is 45.1 Å². The topological polar surface area (TPSA) is 38.5 Å². The minimum absolute atomic E-state index is 0.411. The standard InChI is InChI=1S/C14H28N2O/c1-2-16(10-13-6-5-9-17-13)12-14(11-15)7-3-4-8-14/h13H,2-12,15H2,1H3. The van der Waals surface area contributed by atoms with Crippen LogP contribution in [-0.2, 0) is 4.74 Å². The van der Waals surface area contributed by atoms with Crippen molar-refractivity contribution in [3.05, 3.63) is 0 Å². The fourth-order valence-corrected chi connectivity index (χ4v) is 3.41. The molecule has 0 amide bonds. The van der Waals surface area contributed by atoms with E-state index in [1.807, 2.05) is 0 Å². The number of hydrogen-bond donors (Lipinski definition) is 1. The zero-order valence-corrected chi connectivity index (χ0v) is 11.3. The first-order chi connectivity index (χ1) is 8.28. The van der Waals surface area contributed by atoms with Crippen LogP contribution in [0.1, 0.15) is 45.4 Å². The van der Waals surface area contributed by atoms with E-state index < -0.39 is 0 Å². The van der Waals surface area contributed by atoms with Crippen LogP contribution in [0.4, 0.5) is 0 Å². The van der Waals surface area contributed by atoms with Crippen LogP contribution < -0.4 is 5.73 Å². The molecule has 100 valence electrons. The monoisotopic (exact) mass is 240 g/mol. The molecular weight excluding hydrogens is 212 g/mol. The average molecular weight is 240 g/mol. The minimum atomic E-state index is 0.411. The third-order valence-electron chi connectivity index (χ3n) is 4.59. The smallest absolute Gasteiger partial charge is 0.0702 e. The summed E-state index contributed by atoms with van der Waals surface area (Å²) in [6, 6.07) is 0. The first-order valence-electron chi connectivity index (χ1n) is 7.32. The maximum Gasteiger partial charge on any atom is 0.0702 e. The molecule has 17 heavy (non-hydrogen) atoms. The molecule has 1 heterocycles. The largest absolute Gasteiger partial charge is 0.377 e. The summed E-state index contributed by atoms with van der Waals surface area (Å²) in [6.45, 7) is 7.49. The Morgan fingerprint density at radius 2 is 2.06 bits per heavy atom. The predicted octanol–water partition coefficient (Wildman–Crippen LogP) is 2.01. The van der Waals surface area contributed by atoms with Crippen LogP contribution in [0.2, 0.25) is 0 Å². The van der Waals surface area contributed by atoms with E-state index in [0.717, 1.165) is 26.2 Å². The second-order valence-corrected chi connectivity index (χ2v) is 5.87. The van der Waals surface area contributed by atoms with Crippen LogP contribution in [-0.4, -0.2) is 43.8 Å². The van der Waals surface area contributed by atoms with Crippen molar-refractivity contribution >= 4 is 0 Å². The van der Waals surface area contributed by atoms with Crippen LogP contribution in [0, 0.1) is 5.41 Å². The highest BCUT2D eigenvalue weighted by Crippen LogP contribution is 2.37. The van der Waals surface area contributed by atoms with Gasteiger partial charge in [-0.2, -0.15) is 0 Å². The van der Waals surface area contributed by atoms with Gasteiger partial charge in [-0.3, -0.25) is 0 Å². The Bertz CT molecular complexity index is 220. The van der Waals surface area contributed by atoms with Crippen molar-refractivity contribution in [2.45, 2.75) is 51.6 Å². The quantitative estimate of drug-likeness (QED) is 0.772. The maximum atomic E-state index is 6.02. The van der Waals surface area contributed by atoms with Crippen molar-refractivity contribution < 1.29 is 4.74 Å². The van der Waals surface area contributed by atoms with Crippen molar-refractivity contribution in [2.75, 3.05) is 32.8 Å². The maximum absolute atomic E-state index is 6.02. The van der Waals surface area contributed by atoms with Gasteiger partial charge in [0.1, 0.15) is 0 Å². The summed E-state index contributed by atoms with van der Waals surface area (Å²) in [6.07, 6.45) is 8.35. The van der Waals surface area contributed by atoms with E-state index in [9.17, 15) is 0 Å². The lowest BCUT2D eigenvalue weighted by Crippen LogP contribution is -2.43. The van der Waals surface area contributed by atoms with Gasteiger partial charge in [0.05, 0.1) is 6.10 Å². The number of nitrogens with two attached hydrogens (primary N) is 1. The van der Waals surface area contributed by atoms with Gasteiger partial charge in [-0.25, -0.2) is 0 Å². The third kappa shape index (κ3) is 3.43. The Kier molecular flexibility index (Phi) is 4.83. The zero-order valence-electron chi connectivity index (χ0n) is 11.3. The van der Waals surface area contributed by atoms with Crippen molar-refractivity contribution in [1.82, 2.24) is 4.90 Å². The third-order valence-corrected chi connectivity index (χ3v) is 4.59. The summed E-state index contributed by atoms with van der Waals surface area (Å²) >= 11 is 0. The Labute approximate surface area is 106 Å². The van der Waals surface area contributed by atoms with Gasteiger partial charge in [0, 0.05) is 19.7 Å². The van der Waals surface area contributed by atoms with Crippen LogP contribution in [0.25, 0.3) is 0 Å². The van der Waals surface area contributed by atoms with E-state index in [-0.39, 0.29) is 0 Å². The molecule has 1 saturated carbocycles. The van der Waals surface area contributed by atoms with Gasteiger partial charge >= 0.3 is 0 Å². The van der Waals surface area contributed by atoms with Gasteiger partial charge in [0.25, 0.3) is 0 Å². The molecule has 0 aromatic heterocycles. The normalized spacial score (nSPS) is 28.1. The Morgan fingerprint density at radius 1 is 1.29 bits per heavy atom. The molecule has 1 aliphatic heterocycles. The molecular formula is C14H28N2O. The summed E-state index contributed by atoms with van der Waals surface area (Å²) in [4.78, 5) is 2.56. The molecule has 2 rings (SSSR count). The molecule has 1 unspecified atom stereocenters. The Balaban J connectivity index is 1.84. The van der Waals surface area contributed by atoms with E-state index in [4.69, 9.17) is 10.5 Å². The lowest BCUT2D eigenvalue weighted by molar-refractivity contribution is 0.0578. The summed E-state index contributed by atoms with van der Waals surface area (Å²) in [5.41, 5.74) is 6.43. The van der Waals surface area contributed by atoms with Crippen LogP contribution in [0.5, 0.6) is 0 Å². The molecule has 1 saturated heterocycles. The summed E-state index contributed by atoms with van der Waals surface area (Å²) in [7, 11) is 0. The van der Waals surface area contributed by atoms with Gasteiger partial charge in [-0.05, 0) is 44.2 Å². The lowest BCUT2D eigenvalue weighted by Gasteiger charge is -2.35. The minimum Gasteiger partial charge on any atom is -0.377 e. The van der Waals surface area contributed by atoms with Crippen LogP contribution >= 0.6 is 0 Å². The molecule has 2 aliphatic rings. The molecule has 3 nitrogen and oxygen atoms in total. The fourth-order valence-electron chi connectivity index (χ4n) is 3.41. The number of ether oxygens (including phenoxy) is 1. The average Bonchev–Trinajstić information content (AvgIpc) is 3.00. The molecule has 1 aliphatic carbocycles. The van der Waals surface area contributed by atoms with Crippen molar-refractivity contribution in [3.63, 3.8) is 0 Å². The van der Waals surface area contributed by atoms with Gasteiger partial charge in [0.2, 0.25) is 0 Å². The Hall–Kier alpha value is -0.120. The van der Waals surface area contributed by atoms with Crippen LogP contribution in [0.3, 0.4) is 0 Å². The molecule has 2 fully saturated rings. The van der Waals surface area contributed by atoms with Gasteiger partial charge < -0.3 is 15.4 Å². The summed E-state index contributed by atoms with van der Waals surface area (Å²) < 4.78 is 5.74. The molecule has 0 aromatic carbocycles. The van der Waals surface area contributed by atoms with E-state index in [1.54, 1.807) is 0 Å². The second-order valence-electron chi connectivity index (χ2n) is 5.87. The van der Waals surface area contributed by atoms with Crippen molar-refractivity contribution in [1.29, 1.82) is 0 Å². The molecule has 0 radical (unpaired) electrons. The summed E-state index contributed by atoms with van der Waals surface area (Å²) in [5.74, 6) is 0. The number of likely N-dealkylation sites (N-methyl/N-ethyl adjacent to an activating group) is 1. The van der Waals surface area contributed by atoms with Gasteiger partial charge in [-0.15, -0.1) is 0 Å². The first kappa shape index (κ1) is 13.3. The molecule has 0 bridgehead atoms. The lowest BCUT2D eigenvalue weighted by atomic mass is 9.85.